The van der Waals surface area contributed by atoms with Crippen LogP contribution in [0.3, 0.4) is 0 Å². The van der Waals surface area contributed by atoms with Gasteiger partial charge in [-0.2, -0.15) is 0 Å². The zero-order valence-corrected chi connectivity index (χ0v) is 7.94. The van der Waals surface area contributed by atoms with Gasteiger partial charge in [-0.05, 0) is 37.6 Å². The van der Waals surface area contributed by atoms with Crippen molar-refractivity contribution >= 4 is 11.6 Å². The normalized spacial score (nSPS) is 22.2. The maximum atomic E-state index is 13.3. The third-order valence-corrected chi connectivity index (χ3v) is 2.63. The molecule has 0 aromatic heterocycles. The van der Waals surface area contributed by atoms with E-state index < -0.39 is 0 Å². The Morgan fingerprint density at radius 1 is 1.46 bits per heavy atom. The molecule has 1 aliphatic rings. The minimum Gasteiger partial charge on any atom is -0.310 e. The summed E-state index contributed by atoms with van der Waals surface area (Å²) in [6.45, 7) is 0.969. The van der Waals surface area contributed by atoms with Crippen LogP contribution in [0, 0.1) is 5.82 Å². The second kappa shape index (κ2) is 3.64. The summed E-state index contributed by atoms with van der Waals surface area (Å²) >= 11 is 5.80. The largest absolute Gasteiger partial charge is 0.310 e. The van der Waals surface area contributed by atoms with Crippen molar-refractivity contribution in [3.63, 3.8) is 0 Å². The highest BCUT2D eigenvalue weighted by Crippen LogP contribution is 2.27. The van der Waals surface area contributed by atoms with Crippen LogP contribution in [0.4, 0.5) is 4.39 Å². The molecule has 1 aromatic carbocycles. The minimum atomic E-state index is -0.163. The Morgan fingerprint density at radius 3 is 3.00 bits per heavy atom. The summed E-state index contributed by atoms with van der Waals surface area (Å²) in [5.41, 5.74) is 0.699. The topological polar surface area (TPSA) is 12.0 Å². The van der Waals surface area contributed by atoms with Crippen LogP contribution in [0.5, 0.6) is 0 Å². The van der Waals surface area contributed by atoms with E-state index in [4.69, 9.17) is 11.6 Å². The van der Waals surface area contributed by atoms with E-state index in [-0.39, 0.29) is 11.9 Å². The first-order chi connectivity index (χ1) is 6.27. The van der Waals surface area contributed by atoms with Crippen molar-refractivity contribution in [3.05, 3.63) is 34.6 Å². The average molecular weight is 200 g/mol. The van der Waals surface area contributed by atoms with Gasteiger partial charge in [0.15, 0.2) is 0 Å². The molecule has 70 valence electrons. The van der Waals surface area contributed by atoms with Crippen molar-refractivity contribution in [1.82, 2.24) is 5.32 Å². The van der Waals surface area contributed by atoms with Gasteiger partial charge in [-0.25, -0.2) is 4.39 Å². The first-order valence-electron chi connectivity index (χ1n) is 4.46. The van der Waals surface area contributed by atoms with E-state index in [1.807, 2.05) is 0 Å². The summed E-state index contributed by atoms with van der Waals surface area (Å²) < 4.78 is 13.3. The van der Waals surface area contributed by atoms with Crippen LogP contribution >= 0.6 is 11.6 Å². The van der Waals surface area contributed by atoms with Crippen molar-refractivity contribution in [2.45, 2.75) is 18.9 Å². The summed E-state index contributed by atoms with van der Waals surface area (Å²) in [6.07, 6.45) is 2.11. The van der Waals surface area contributed by atoms with E-state index in [2.05, 4.69) is 5.32 Å². The van der Waals surface area contributed by atoms with Gasteiger partial charge in [0.05, 0.1) is 0 Å². The van der Waals surface area contributed by atoms with Crippen LogP contribution in [0.2, 0.25) is 5.02 Å². The van der Waals surface area contributed by atoms with E-state index in [1.165, 1.54) is 6.07 Å². The first-order valence-corrected chi connectivity index (χ1v) is 4.83. The SMILES string of the molecule is Fc1ccc(Cl)cc1[C@@H]1CCCN1. The van der Waals surface area contributed by atoms with Crippen LogP contribution in [-0.4, -0.2) is 6.54 Å². The smallest absolute Gasteiger partial charge is 0.128 e. The molecule has 3 heteroatoms. The third kappa shape index (κ3) is 1.84. The molecule has 13 heavy (non-hydrogen) atoms. The highest BCUT2D eigenvalue weighted by molar-refractivity contribution is 6.30. The fourth-order valence-corrected chi connectivity index (χ4v) is 1.91. The molecular weight excluding hydrogens is 189 g/mol. The molecular formula is C10H11ClFN. The number of nitrogens with one attached hydrogen (secondary N) is 1. The van der Waals surface area contributed by atoms with E-state index in [9.17, 15) is 4.39 Å². The molecule has 0 bridgehead atoms. The van der Waals surface area contributed by atoms with Gasteiger partial charge >= 0.3 is 0 Å². The Balaban J connectivity index is 2.32. The van der Waals surface area contributed by atoms with Gasteiger partial charge in [0.25, 0.3) is 0 Å². The van der Waals surface area contributed by atoms with E-state index >= 15 is 0 Å². The first kappa shape index (κ1) is 8.97. The van der Waals surface area contributed by atoms with Gasteiger partial charge in [-0.15, -0.1) is 0 Å². The van der Waals surface area contributed by atoms with Gasteiger partial charge in [-0.1, -0.05) is 11.6 Å². The van der Waals surface area contributed by atoms with Crippen molar-refractivity contribution in [2.75, 3.05) is 6.54 Å². The monoisotopic (exact) mass is 199 g/mol. The third-order valence-electron chi connectivity index (χ3n) is 2.39. The molecule has 1 aliphatic heterocycles. The zero-order chi connectivity index (χ0) is 9.26. The maximum absolute atomic E-state index is 13.3. The number of halogens is 2. The molecule has 1 nitrogen and oxygen atoms in total. The minimum absolute atomic E-state index is 0.152. The molecule has 0 aliphatic carbocycles. The van der Waals surface area contributed by atoms with Gasteiger partial charge in [0.1, 0.15) is 5.82 Å². The van der Waals surface area contributed by atoms with Crippen molar-refractivity contribution in [1.29, 1.82) is 0 Å². The van der Waals surface area contributed by atoms with E-state index in [0.717, 1.165) is 19.4 Å². The van der Waals surface area contributed by atoms with Crippen molar-refractivity contribution in [3.8, 4) is 0 Å². The molecule has 1 atom stereocenters. The molecule has 0 amide bonds. The van der Waals surface area contributed by atoms with Gasteiger partial charge in [-0.3, -0.25) is 0 Å². The second-order valence-electron chi connectivity index (χ2n) is 3.31. The lowest BCUT2D eigenvalue weighted by molar-refractivity contribution is 0.559. The lowest BCUT2D eigenvalue weighted by atomic mass is 10.1. The summed E-state index contributed by atoms with van der Waals surface area (Å²) in [4.78, 5) is 0. The predicted molar refractivity (Wildman–Crippen MR) is 51.4 cm³/mol. The van der Waals surface area contributed by atoms with Crippen LogP contribution in [0.1, 0.15) is 24.4 Å². The number of hydrogen-bond donors (Lipinski definition) is 1. The summed E-state index contributed by atoms with van der Waals surface area (Å²) in [7, 11) is 0. The molecule has 0 saturated carbocycles. The molecule has 1 saturated heterocycles. The molecule has 1 fully saturated rings. The molecule has 0 unspecified atom stereocenters. The standard InChI is InChI=1S/C10H11ClFN/c11-7-3-4-9(12)8(6-7)10-2-1-5-13-10/h3-4,6,10,13H,1-2,5H2/t10-/m0/s1. The molecule has 2 rings (SSSR count). The summed E-state index contributed by atoms with van der Waals surface area (Å²) in [6, 6.07) is 4.87. The number of benzene rings is 1. The molecule has 0 radical (unpaired) electrons. The Labute approximate surface area is 81.9 Å². The van der Waals surface area contributed by atoms with Crippen molar-refractivity contribution in [2.24, 2.45) is 0 Å². The molecule has 0 spiro atoms. The summed E-state index contributed by atoms with van der Waals surface area (Å²) in [5.74, 6) is -0.163. The van der Waals surface area contributed by atoms with E-state index in [1.54, 1.807) is 12.1 Å². The quantitative estimate of drug-likeness (QED) is 0.734. The Kier molecular flexibility index (Phi) is 2.51. The fraction of sp³-hybridized carbons (Fsp3) is 0.400. The highest BCUT2D eigenvalue weighted by atomic mass is 35.5. The Hall–Kier alpha value is -0.600. The molecule has 1 heterocycles. The van der Waals surface area contributed by atoms with Crippen molar-refractivity contribution < 1.29 is 4.39 Å². The second-order valence-corrected chi connectivity index (χ2v) is 3.75. The number of hydrogen-bond acceptors (Lipinski definition) is 1. The lowest BCUT2D eigenvalue weighted by Crippen LogP contribution is -2.14. The zero-order valence-electron chi connectivity index (χ0n) is 7.19. The van der Waals surface area contributed by atoms with Gasteiger partial charge in [0.2, 0.25) is 0 Å². The van der Waals surface area contributed by atoms with E-state index in [0.29, 0.717) is 10.6 Å². The van der Waals surface area contributed by atoms with Crippen LogP contribution in [-0.2, 0) is 0 Å². The predicted octanol–water partition coefficient (Wildman–Crippen LogP) is 2.90. The summed E-state index contributed by atoms with van der Waals surface area (Å²) in [5, 5.41) is 3.84. The maximum Gasteiger partial charge on any atom is 0.128 e. The van der Waals surface area contributed by atoms with Crippen LogP contribution < -0.4 is 5.32 Å². The number of rotatable bonds is 1. The Morgan fingerprint density at radius 2 is 2.31 bits per heavy atom. The highest BCUT2D eigenvalue weighted by Gasteiger charge is 2.19. The molecule has 1 N–H and O–H groups in total. The Bertz CT molecular complexity index is 308. The molecule has 1 aromatic rings. The van der Waals surface area contributed by atoms with Gasteiger partial charge in [0, 0.05) is 16.6 Å². The fourth-order valence-electron chi connectivity index (χ4n) is 1.73. The lowest BCUT2D eigenvalue weighted by Gasteiger charge is -2.11. The van der Waals surface area contributed by atoms with Gasteiger partial charge < -0.3 is 5.32 Å². The van der Waals surface area contributed by atoms with Crippen LogP contribution in [0.25, 0.3) is 0 Å². The average Bonchev–Trinajstić information content (AvgIpc) is 2.61. The van der Waals surface area contributed by atoms with Crippen LogP contribution in [0.15, 0.2) is 18.2 Å².